The molecule has 0 amide bonds. The number of hydrogen-bond donors (Lipinski definition) is 0. The number of hydrogen-bond acceptors (Lipinski definition) is 2. The van der Waals surface area contributed by atoms with Crippen molar-refractivity contribution < 1.29 is 9.53 Å². The second-order valence-corrected chi connectivity index (χ2v) is 5.34. The highest BCUT2D eigenvalue weighted by molar-refractivity contribution is 9.09. The summed E-state index contributed by atoms with van der Waals surface area (Å²) in [5.41, 5.74) is 2.66. The SMILES string of the molecule is COc1ccc(C(=O)c2ccc(CCCBr)cc2)cc1. The fraction of sp³-hybridized carbons (Fsp3) is 0.235. The van der Waals surface area contributed by atoms with Gasteiger partial charge in [-0.25, -0.2) is 0 Å². The van der Waals surface area contributed by atoms with Crippen molar-refractivity contribution >= 4 is 21.7 Å². The topological polar surface area (TPSA) is 26.3 Å². The number of carbonyl (C=O) groups excluding carboxylic acids is 1. The molecule has 0 aliphatic heterocycles. The van der Waals surface area contributed by atoms with Gasteiger partial charge in [-0.15, -0.1) is 0 Å². The van der Waals surface area contributed by atoms with Crippen molar-refractivity contribution in [1.82, 2.24) is 0 Å². The third kappa shape index (κ3) is 3.70. The van der Waals surface area contributed by atoms with Gasteiger partial charge in [0.2, 0.25) is 0 Å². The first kappa shape index (κ1) is 14.8. The highest BCUT2D eigenvalue weighted by Crippen LogP contribution is 2.16. The lowest BCUT2D eigenvalue weighted by Gasteiger charge is -2.05. The first-order valence-electron chi connectivity index (χ1n) is 6.58. The van der Waals surface area contributed by atoms with E-state index >= 15 is 0 Å². The zero-order chi connectivity index (χ0) is 14.4. The predicted octanol–water partition coefficient (Wildman–Crippen LogP) is 4.25. The number of ketones is 1. The van der Waals surface area contributed by atoms with Gasteiger partial charge in [0.25, 0.3) is 0 Å². The van der Waals surface area contributed by atoms with Gasteiger partial charge in [0.15, 0.2) is 5.78 Å². The van der Waals surface area contributed by atoms with Crippen molar-refractivity contribution in [3.63, 3.8) is 0 Å². The Kier molecular flexibility index (Phi) is 5.36. The van der Waals surface area contributed by atoms with Crippen LogP contribution in [-0.2, 0) is 6.42 Å². The number of alkyl halides is 1. The maximum Gasteiger partial charge on any atom is 0.193 e. The summed E-state index contributed by atoms with van der Waals surface area (Å²) in [5.74, 6) is 0.798. The number of ether oxygens (including phenoxy) is 1. The van der Waals surface area contributed by atoms with E-state index in [2.05, 4.69) is 15.9 Å². The van der Waals surface area contributed by atoms with Gasteiger partial charge in [-0.3, -0.25) is 4.79 Å². The van der Waals surface area contributed by atoms with E-state index in [9.17, 15) is 4.79 Å². The monoisotopic (exact) mass is 332 g/mol. The fourth-order valence-corrected chi connectivity index (χ4v) is 2.28. The van der Waals surface area contributed by atoms with Crippen LogP contribution in [0.4, 0.5) is 0 Å². The fourth-order valence-electron chi connectivity index (χ4n) is 2.00. The number of carbonyl (C=O) groups is 1. The van der Waals surface area contributed by atoms with Crippen LogP contribution < -0.4 is 4.74 Å². The molecule has 0 saturated carbocycles. The summed E-state index contributed by atoms with van der Waals surface area (Å²) >= 11 is 3.42. The Hall–Kier alpha value is -1.61. The molecule has 0 aliphatic carbocycles. The Labute approximate surface area is 127 Å². The van der Waals surface area contributed by atoms with Gasteiger partial charge >= 0.3 is 0 Å². The smallest absolute Gasteiger partial charge is 0.193 e. The van der Waals surface area contributed by atoms with E-state index in [-0.39, 0.29) is 5.78 Å². The molecule has 104 valence electrons. The minimum Gasteiger partial charge on any atom is -0.497 e. The molecular weight excluding hydrogens is 316 g/mol. The average molecular weight is 333 g/mol. The van der Waals surface area contributed by atoms with Crippen LogP contribution in [0.2, 0.25) is 0 Å². The largest absolute Gasteiger partial charge is 0.497 e. The van der Waals surface area contributed by atoms with Crippen molar-refractivity contribution in [3.8, 4) is 5.75 Å². The normalized spacial score (nSPS) is 10.3. The molecule has 0 heterocycles. The molecule has 0 bridgehead atoms. The number of methoxy groups -OCH3 is 1. The summed E-state index contributed by atoms with van der Waals surface area (Å²) < 4.78 is 5.09. The first-order valence-corrected chi connectivity index (χ1v) is 7.70. The van der Waals surface area contributed by atoms with E-state index in [1.165, 1.54) is 5.56 Å². The van der Waals surface area contributed by atoms with E-state index in [4.69, 9.17) is 4.74 Å². The number of halogens is 1. The molecule has 3 heteroatoms. The molecule has 0 unspecified atom stereocenters. The quantitative estimate of drug-likeness (QED) is 0.583. The maximum absolute atomic E-state index is 12.3. The molecule has 0 saturated heterocycles. The minimum absolute atomic E-state index is 0.0414. The third-order valence-corrected chi connectivity index (χ3v) is 3.73. The second kappa shape index (κ2) is 7.25. The summed E-state index contributed by atoms with van der Waals surface area (Å²) in [4.78, 5) is 12.3. The number of aryl methyl sites for hydroxylation is 1. The Balaban J connectivity index is 2.11. The van der Waals surface area contributed by atoms with E-state index in [1.807, 2.05) is 24.3 Å². The van der Waals surface area contributed by atoms with E-state index in [0.717, 1.165) is 29.5 Å². The highest BCUT2D eigenvalue weighted by Gasteiger charge is 2.08. The molecule has 0 spiro atoms. The van der Waals surface area contributed by atoms with Crippen molar-refractivity contribution in [3.05, 3.63) is 65.2 Å². The molecule has 2 aromatic rings. The van der Waals surface area contributed by atoms with E-state index in [1.54, 1.807) is 31.4 Å². The van der Waals surface area contributed by atoms with Crippen LogP contribution in [0.15, 0.2) is 48.5 Å². The first-order chi connectivity index (χ1) is 9.74. The summed E-state index contributed by atoms with van der Waals surface area (Å²) in [7, 11) is 1.61. The van der Waals surface area contributed by atoms with Gasteiger partial charge in [0.05, 0.1) is 7.11 Å². The lowest BCUT2D eigenvalue weighted by molar-refractivity contribution is 0.103. The lowest BCUT2D eigenvalue weighted by atomic mass is 10.0. The summed E-state index contributed by atoms with van der Waals surface area (Å²) in [6.07, 6.45) is 2.13. The van der Waals surface area contributed by atoms with Gasteiger partial charge in [-0.1, -0.05) is 40.2 Å². The van der Waals surface area contributed by atoms with E-state index < -0.39 is 0 Å². The van der Waals surface area contributed by atoms with Crippen LogP contribution in [0.5, 0.6) is 5.75 Å². The van der Waals surface area contributed by atoms with Crippen LogP contribution in [0.25, 0.3) is 0 Å². The Morgan fingerprint density at radius 3 is 2.05 bits per heavy atom. The van der Waals surface area contributed by atoms with Crippen LogP contribution in [0.1, 0.15) is 27.9 Å². The number of rotatable bonds is 6. The molecule has 0 aliphatic rings. The Bertz CT molecular complexity index is 559. The molecule has 0 fully saturated rings. The summed E-state index contributed by atoms with van der Waals surface area (Å²) in [6, 6.07) is 15.0. The lowest BCUT2D eigenvalue weighted by Crippen LogP contribution is -2.01. The van der Waals surface area contributed by atoms with Crippen LogP contribution in [-0.4, -0.2) is 18.2 Å². The highest BCUT2D eigenvalue weighted by atomic mass is 79.9. The molecule has 0 N–H and O–H groups in total. The Morgan fingerprint density at radius 2 is 1.55 bits per heavy atom. The standard InChI is InChI=1S/C17H17BrO2/c1-20-16-10-8-15(9-11-16)17(19)14-6-4-13(5-7-14)3-2-12-18/h4-11H,2-3,12H2,1H3. The molecule has 2 nitrogen and oxygen atoms in total. The Morgan fingerprint density at radius 1 is 1.00 bits per heavy atom. The zero-order valence-electron chi connectivity index (χ0n) is 11.4. The average Bonchev–Trinajstić information content (AvgIpc) is 2.53. The maximum atomic E-state index is 12.3. The van der Waals surface area contributed by atoms with Crippen molar-refractivity contribution in [2.24, 2.45) is 0 Å². The van der Waals surface area contributed by atoms with Crippen molar-refractivity contribution in [2.45, 2.75) is 12.8 Å². The third-order valence-electron chi connectivity index (χ3n) is 3.17. The number of benzene rings is 2. The van der Waals surface area contributed by atoms with Crippen molar-refractivity contribution in [2.75, 3.05) is 12.4 Å². The summed E-state index contributed by atoms with van der Waals surface area (Å²) in [6.45, 7) is 0. The van der Waals surface area contributed by atoms with Gasteiger partial charge in [0.1, 0.15) is 5.75 Å². The molecule has 0 atom stereocenters. The molecule has 2 rings (SSSR count). The minimum atomic E-state index is 0.0414. The summed E-state index contributed by atoms with van der Waals surface area (Å²) in [5, 5.41) is 1.000. The molecule has 0 radical (unpaired) electrons. The molecular formula is C17H17BrO2. The van der Waals surface area contributed by atoms with Gasteiger partial charge in [-0.2, -0.15) is 0 Å². The second-order valence-electron chi connectivity index (χ2n) is 4.55. The molecule has 20 heavy (non-hydrogen) atoms. The predicted molar refractivity (Wildman–Crippen MR) is 85.0 cm³/mol. The van der Waals surface area contributed by atoms with Gasteiger partial charge in [0, 0.05) is 16.5 Å². The van der Waals surface area contributed by atoms with Crippen LogP contribution in [0.3, 0.4) is 0 Å². The van der Waals surface area contributed by atoms with E-state index in [0.29, 0.717) is 5.56 Å². The zero-order valence-corrected chi connectivity index (χ0v) is 13.0. The molecule has 0 aromatic heterocycles. The van der Waals surface area contributed by atoms with Gasteiger partial charge < -0.3 is 4.74 Å². The van der Waals surface area contributed by atoms with Crippen LogP contribution >= 0.6 is 15.9 Å². The van der Waals surface area contributed by atoms with Crippen molar-refractivity contribution in [1.29, 1.82) is 0 Å². The van der Waals surface area contributed by atoms with Gasteiger partial charge in [-0.05, 0) is 42.7 Å². The van der Waals surface area contributed by atoms with Crippen LogP contribution in [0, 0.1) is 0 Å². The molecule has 2 aromatic carbocycles.